The molecule has 1 fully saturated rings. The molecule has 0 bridgehead atoms. The molecule has 0 aliphatic carbocycles. The van der Waals surface area contributed by atoms with Crippen LogP contribution in [-0.2, 0) is 15.8 Å². The van der Waals surface area contributed by atoms with Crippen LogP contribution in [0.5, 0.6) is 11.5 Å². The van der Waals surface area contributed by atoms with E-state index in [2.05, 4.69) is 0 Å². The first-order chi connectivity index (χ1) is 18.3. The molecule has 200 valence electrons. The van der Waals surface area contributed by atoms with Gasteiger partial charge in [-0.1, -0.05) is 40.9 Å². The third kappa shape index (κ3) is 5.82. The molecular weight excluding hydrogens is 590 g/mol. The second-order valence-electron chi connectivity index (χ2n) is 7.78. The second kappa shape index (κ2) is 10.6. The van der Waals surface area contributed by atoms with Crippen LogP contribution in [0.15, 0.2) is 60.2 Å². The van der Waals surface area contributed by atoms with Crippen molar-refractivity contribution in [2.24, 2.45) is 0 Å². The number of ether oxygens (including phenoxy) is 1. The predicted octanol–water partition coefficient (Wildman–Crippen LogP) is 7.03. The third-order valence-corrected chi connectivity index (χ3v) is 5.93. The monoisotopic (exact) mass is 599 g/mol. The summed E-state index contributed by atoms with van der Waals surface area (Å²) >= 11 is 18.2. The Labute approximate surface area is 231 Å². The van der Waals surface area contributed by atoms with E-state index in [1.165, 1.54) is 36.4 Å². The van der Waals surface area contributed by atoms with E-state index in [1.807, 2.05) is 5.32 Å². The number of hydrogen-bond acceptors (Lipinski definition) is 6. The number of carbonyl (C=O) groups is 3. The molecule has 0 aromatic heterocycles. The lowest BCUT2D eigenvalue weighted by molar-refractivity contribution is -0.385. The van der Waals surface area contributed by atoms with Crippen molar-refractivity contribution in [3.05, 3.63) is 96.5 Å². The minimum Gasteiger partial charge on any atom is -0.448 e. The highest BCUT2D eigenvalue weighted by Gasteiger charge is 2.37. The number of imide groups is 2. The van der Waals surface area contributed by atoms with Gasteiger partial charge in [0.05, 0.1) is 21.2 Å². The molecule has 1 aliphatic heterocycles. The van der Waals surface area contributed by atoms with E-state index in [0.29, 0.717) is 11.0 Å². The number of rotatable bonds is 5. The molecule has 0 radical (unpaired) electrons. The number of alkyl halides is 3. The highest BCUT2D eigenvalue weighted by Crippen LogP contribution is 2.42. The van der Waals surface area contributed by atoms with Gasteiger partial charge in [-0.15, -0.1) is 0 Å². The van der Waals surface area contributed by atoms with Crippen LogP contribution in [-0.4, -0.2) is 22.8 Å². The number of hydrogen-bond donors (Lipinski definition) is 1. The van der Waals surface area contributed by atoms with E-state index in [1.54, 1.807) is 0 Å². The van der Waals surface area contributed by atoms with Gasteiger partial charge in [-0.2, -0.15) is 13.2 Å². The Hall–Kier alpha value is -4.13. The van der Waals surface area contributed by atoms with Crippen molar-refractivity contribution in [2.45, 2.75) is 6.18 Å². The molecule has 0 saturated carbocycles. The van der Waals surface area contributed by atoms with Crippen LogP contribution in [0, 0.1) is 10.1 Å². The Kier molecular flexibility index (Phi) is 7.55. The highest BCUT2D eigenvalue weighted by molar-refractivity contribution is 6.40. The number of urea groups is 1. The average molecular weight is 601 g/mol. The van der Waals surface area contributed by atoms with E-state index in [-0.39, 0.29) is 38.1 Å². The first kappa shape index (κ1) is 27.9. The Morgan fingerprint density at radius 2 is 1.69 bits per heavy atom. The molecule has 0 unspecified atom stereocenters. The number of barbiturate groups is 1. The second-order valence-corrected chi connectivity index (χ2v) is 9.06. The smallest absolute Gasteiger partial charge is 0.416 e. The van der Waals surface area contributed by atoms with Crippen LogP contribution >= 0.6 is 34.8 Å². The third-order valence-electron chi connectivity index (χ3n) is 5.20. The minimum atomic E-state index is -4.86. The molecule has 15 heteroatoms. The summed E-state index contributed by atoms with van der Waals surface area (Å²) in [5, 5.41) is 13.4. The lowest BCUT2D eigenvalue weighted by Crippen LogP contribution is -2.54. The fourth-order valence-electron chi connectivity index (χ4n) is 3.49. The average Bonchev–Trinajstić information content (AvgIpc) is 2.83. The van der Waals surface area contributed by atoms with E-state index in [0.717, 1.165) is 12.1 Å². The molecule has 4 amide bonds. The summed E-state index contributed by atoms with van der Waals surface area (Å²) in [6, 6.07) is 8.54. The fraction of sp³-hybridized carbons (Fsp3) is 0.0417. The number of amides is 4. The maximum atomic E-state index is 13.2. The molecule has 0 atom stereocenters. The lowest BCUT2D eigenvalue weighted by Gasteiger charge is -2.26. The Morgan fingerprint density at radius 1 is 0.974 bits per heavy atom. The molecule has 1 aliphatic rings. The molecular formula is C24H11Cl3F3N3O6. The van der Waals surface area contributed by atoms with Gasteiger partial charge in [0, 0.05) is 21.7 Å². The van der Waals surface area contributed by atoms with Gasteiger partial charge in [-0.25, -0.2) is 9.69 Å². The summed E-state index contributed by atoms with van der Waals surface area (Å²) in [7, 11) is 0. The Balaban J connectivity index is 1.81. The predicted molar refractivity (Wildman–Crippen MR) is 135 cm³/mol. The topological polar surface area (TPSA) is 119 Å². The van der Waals surface area contributed by atoms with Gasteiger partial charge in [-0.05, 0) is 48.5 Å². The van der Waals surface area contributed by atoms with Crippen molar-refractivity contribution in [3.63, 3.8) is 0 Å². The SMILES string of the molecule is O=C1NC(=O)N(c2cccc(Cl)c2)C(=O)/C1=C/c1cc(Cl)cc(Cl)c1Oc1ccc(C(F)(F)F)cc1[N+](=O)[O-]. The molecule has 9 nitrogen and oxygen atoms in total. The summed E-state index contributed by atoms with van der Waals surface area (Å²) in [6.45, 7) is 0. The van der Waals surface area contributed by atoms with E-state index >= 15 is 0 Å². The minimum absolute atomic E-state index is 0.00689. The van der Waals surface area contributed by atoms with E-state index < -0.39 is 51.5 Å². The molecule has 3 aromatic rings. The maximum Gasteiger partial charge on any atom is 0.416 e. The first-order valence-electron chi connectivity index (χ1n) is 10.5. The number of carbonyl (C=O) groups excluding carboxylic acids is 3. The molecule has 1 saturated heterocycles. The zero-order valence-electron chi connectivity index (χ0n) is 18.9. The highest BCUT2D eigenvalue weighted by atomic mass is 35.5. The summed E-state index contributed by atoms with van der Waals surface area (Å²) in [4.78, 5) is 49.3. The zero-order valence-corrected chi connectivity index (χ0v) is 21.2. The quantitative estimate of drug-likeness (QED) is 0.145. The summed E-state index contributed by atoms with van der Waals surface area (Å²) in [5.74, 6) is -3.14. The van der Waals surface area contributed by atoms with Crippen molar-refractivity contribution in [1.82, 2.24) is 5.32 Å². The fourth-order valence-corrected chi connectivity index (χ4v) is 4.22. The van der Waals surface area contributed by atoms with Crippen molar-refractivity contribution in [3.8, 4) is 11.5 Å². The normalized spacial score (nSPS) is 15.0. The molecule has 0 spiro atoms. The largest absolute Gasteiger partial charge is 0.448 e. The number of nitro benzene ring substituents is 1. The first-order valence-corrected chi connectivity index (χ1v) is 11.6. The number of nitrogens with zero attached hydrogens (tertiary/aromatic N) is 2. The molecule has 1 heterocycles. The van der Waals surface area contributed by atoms with Gasteiger partial charge in [-0.3, -0.25) is 25.0 Å². The van der Waals surface area contributed by atoms with E-state index in [4.69, 9.17) is 39.5 Å². The lowest BCUT2D eigenvalue weighted by atomic mass is 10.1. The summed E-state index contributed by atoms with van der Waals surface area (Å²) < 4.78 is 44.8. The van der Waals surface area contributed by atoms with Gasteiger partial charge in [0.2, 0.25) is 5.75 Å². The number of benzene rings is 3. The van der Waals surface area contributed by atoms with Gasteiger partial charge in [0.1, 0.15) is 5.57 Å². The molecule has 1 N–H and O–H groups in total. The number of halogens is 6. The van der Waals surface area contributed by atoms with Crippen molar-refractivity contribution >= 4 is 70.1 Å². The van der Waals surface area contributed by atoms with Crippen molar-refractivity contribution in [1.29, 1.82) is 0 Å². The van der Waals surface area contributed by atoms with Crippen LogP contribution in [0.2, 0.25) is 15.1 Å². The zero-order chi connectivity index (χ0) is 28.6. The van der Waals surface area contributed by atoms with Gasteiger partial charge < -0.3 is 4.74 Å². The molecule has 3 aromatic carbocycles. The maximum absolute atomic E-state index is 13.2. The summed E-state index contributed by atoms with van der Waals surface area (Å²) in [5.41, 5.74) is -3.01. The number of anilines is 1. The van der Waals surface area contributed by atoms with Crippen LogP contribution in [0.1, 0.15) is 11.1 Å². The van der Waals surface area contributed by atoms with Crippen molar-refractivity contribution < 1.29 is 37.2 Å². The van der Waals surface area contributed by atoms with Gasteiger partial charge in [0.15, 0.2) is 5.75 Å². The van der Waals surface area contributed by atoms with Crippen LogP contribution in [0.3, 0.4) is 0 Å². The van der Waals surface area contributed by atoms with E-state index in [9.17, 15) is 37.7 Å². The van der Waals surface area contributed by atoms with Crippen LogP contribution in [0.4, 0.5) is 29.3 Å². The van der Waals surface area contributed by atoms with Crippen molar-refractivity contribution in [2.75, 3.05) is 4.90 Å². The van der Waals surface area contributed by atoms with Gasteiger partial charge in [0.25, 0.3) is 11.8 Å². The van der Waals surface area contributed by atoms with Crippen LogP contribution in [0.25, 0.3) is 6.08 Å². The molecule has 39 heavy (non-hydrogen) atoms. The number of nitrogens with one attached hydrogen (secondary N) is 1. The molecule has 4 rings (SSSR count). The Bertz CT molecular complexity index is 1590. The summed E-state index contributed by atoms with van der Waals surface area (Å²) in [6.07, 6.45) is -3.90. The van der Waals surface area contributed by atoms with Gasteiger partial charge >= 0.3 is 17.9 Å². The Morgan fingerprint density at radius 3 is 2.33 bits per heavy atom. The number of nitro groups is 1. The standard InChI is InChI=1S/C24H11Cl3F3N3O6/c25-13-2-1-3-15(9-13)32-22(35)16(21(34)31-23(32)36)7-11-6-14(26)10-17(27)20(11)39-19-5-4-12(24(28,29)30)8-18(19)33(37)38/h1-10H,(H,31,34,36)/b16-7+. The van der Waals surface area contributed by atoms with Crippen LogP contribution < -0.4 is 15.0 Å².